The van der Waals surface area contributed by atoms with E-state index in [1.54, 1.807) is 0 Å². The Kier molecular flexibility index (Phi) is 3.70. The topological polar surface area (TPSA) is 50.9 Å². The number of halogens is 2. The Balaban J connectivity index is 2.98. The first-order valence-electron chi connectivity index (χ1n) is 5.34. The molecule has 5 heteroatoms. The van der Waals surface area contributed by atoms with E-state index in [2.05, 4.69) is 49.2 Å². The van der Waals surface area contributed by atoms with Crippen molar-refractivity contribution < 1.29 is 0 Å². The van der Waals surface area contributed by atoms with E-state index in [0.717, 1.165) is 43.2 Å². The molecule has 0 bridgehead atoms. The third kappa shape index (κ3) is 2.07. The molecule has 0 spiro atoms. The average Bonchev–Trinajstić information content (AvgIpc) is 2.32. The van der Waals surface area contributed by atoms with Gasteiger partial charge in [0.15, 0.2) is 0 Å². The summed E-state index contributed by atoms with van der Waals surface area (Å²) in [4.78, 5) is 4.64. The fraction of sp³-hybridized carbons (Fsp3) is 0.250. The van der Waals surface area contributed by atoms with Crippen molar-refractivity contribution in [3.63, 3.8) is 0 Å². The number of aromatic nitrogens is 1. The molecule has 3 N–H and O–H groups in total. The molecule has 1 aromatic carbocycles. The van der Waals surface area contributed by atoms with E-state index in [1.165, 1.54) is 0 Å². The number of hydrogen-bond donors (Lipinski definition) is 2. The van der Waals surface area contributed by atoms with Gasteiger partial charge in [0.2, 0.25) is 0 Å². The SMILES string of the molecule is CCc1c(C)nc2c(Br)ccc(Br)c2c1NN. The zero-order valence-electron chi connectivity index (χ0n) is 9.64. The fourth-order valence-corrected chi connectivity index (χ4v) is 2.98. The van der Waals surface area contributed by atoms with Crippen LogP contribution in [0.15, 0.2) is 21.1 Å². The van der Waals surface area contributed by atoms with Crippen LogP contribution < -0.4 is 11.3 Å². The first-order valence-corrected chi connectivity index (χ1v) is 6.92. The number of pyridine rings is 1. The van der Waals surface area contributed by atoms with Crippen LogP contribution in [0.4, 0.5) is 5.69 Å². The molecule has 0 aliphatic carbocycles. The van der Waals surface area contributed by atoms with Gasteiger partial charge in [-0.25, -0.2) is 0 Å². The predicted molar refractivity (Wildman–Crippen MR) is 79.1 cm³/mol. The van der Waals surface area contributed by atoms with Crippen LogP contribution in [0.1, 0.15) is 18.2 Å². The highest BCUT2D eigenvalue weighted by Crippen LogP contribution is 2.37. The number of nitrogen functional groups attached to an aromatic ring is 1. The van der Waals surface area contributed by atoms with Crippen LogP contribution in [0, 0.1) is 6.92 Å². The summed E-state index contributed by atoms with van der Waals surface area (Å²) >= 11 is 7.08. The maximum absolute atomic E-state index is 5.67. The maximum atomic E-state index is 5.67. The second kappa shape index (κ2) is 4.92. The van der Waals surface area contributed by atoms with Crippen LogP contribution in [-0.4, -0.2) is 4.98 Å². The van der Waals surface area contributed by atoms with Gasteiger partial charge in [0.05, 0.1) is 11.2 Å². The Morgan fingerprint density at radius 3 is 2.53 bits per heavy atom. The second-order valence-corrected chi connectivity index (χ2v) is 5.51. The molecular weight excluding hydrogens is 346 g/mol. The highest BCUT2D eigenvalue weighted by atomic mass is 79.9. The molecule has 90 valence electrons. The first kappa shape index (κ1) is 12.8. The van der Waals surface area contributed by atoms with Gasteiger partial charge in [0.1, 0.15) is 0 Å². The molecule has 0 aliphatic heterocycles. The van der Waals surface area contributed by atoms with Gasteiger partial charge in [-0.1, -0.05) is 22.9 Å². The molecule has 0 fully saturated rings. The lowest BCUT2D eigenvalue weighted by atomic mass is 10.0. The second-order valence-electron chi connectivity index (χ2n) is 3.80. The maximum Gasteiger partial charge on any atom is 0.0880 e. The fourth-order valence-electron chi connectivity index (χ4n) is 2.05. The van der Waals surface area contributed by atoms with Gasteiger partial charge >= 0.3 is 0 Å². The first-order chi connectivity index (χ1) is 8.10. The number of hydrogen-bond acceptors (Lipinski definition) is 3. The van der Waals surface area contributed by atoms with Crippen LogP contribution in [0.3, 0.4) is 0 Å². The quantitative estimate of drug-likeness (QED) is 0.632. The van der Waals surface area contributed by atoms with Crippen molar-refractivity contribution in [1.29, 1.82) is 0 Å². The number of benzene rings is 1. The number of fused-ring (bicyclic) bond motifs is 1. The van der Waals surface area contributed by atoms with Crippen LogP contribution in [0.2, 0.25) is 0 Å². The third-order valence-corrected chi connectivity index (χ3v) is 4.14. The molecule has 0 unspecified atom stereocenters. The Labute approximate surface area is 117 Å². The molecule has 17 heavy (non-hydrogen) atoms. The van der Waals surface area contributed by atoms with Crippen LogP contribution in [0.25, 0.3) is 10.9 Å². The zero-order valence-corrected chi connectivity index (χ0v) is 12.8. The smallest absolute Gasteiger partial charge is 0.0880 e. The molecule has 0 aliphatic rings. The molecule has 2 rings (SSSR count). The summed E-state index contributed by atoms with van der Waals surface area (Å²) < 4.78 is 1.96. The Bertz CT molecular complexity index is 582. The zero-order chi connectivity index (χ0) is 12.6. The average molecular weight is 359 g/mol. The van der Waals surface area contributed by atoms with Crippen LogP contribution in [-0.2, 0) is 6.42 Å². The standard InChI is InChI=1S/C12H13Br2N3/c1-3-7-6(2)16-12-9(14)5-4-8(13)10(12)11(7)17-15/h4-5H,3,15H2,1-2H3,(H,16,17). The molecule has 0 saturated carbocycles. The summed E-state index contributed by atoms with van der Waals surface area (Å²) in [5.74, 6) is 5.67. The largest absolute Gasteiger partial charge is 0.323 e. The molecule has 1 heterocycles. The van der Waals surface area contributed by atoms with E-state index in [4.69, 9.17) is 5.84 Å². The van der Waals surface area contributed by atoms with Crippen molar-refractivity contribution in [2.45, 2.75) is 20.3 Å². The van der Waals surface area contributed by atoms with Crippen molar-refractivity contribution in [3.8, 4) is 0 Å². The minimum atomic E-state index is 0.896. The van der Waals surface area contributed by atoms with Crippen LogP contribution in [0.5, 0.6) is 0 Å². The van der Waals surface area contributed by atoms with Gasteiger partial charge in [0, 0.05) is 20.0 Å². The predicted octanol–water partition coefficient (Wildman–Crippen LogP) is 3.92. The molecule has 0 atom stereocenters. The van der Waals surface area contributed by atoms with Gasteiger partial charge in [-0.05, 0) is 47.0 Å². The number of anilines is 1. The summed E-state index contributed by atoms with van der Waals surface area (Å²) in [6, 6.07) is 3.97. The lowest BCUT2D eigenvalue weighted by Crippen LogP contribution is -2.11. The third-order valence-electron chi connectivity index (χ3n) is 2.84. The Morgan fingerprint density at radius 2 is 1.94 bits per heavy atom. The molecule has 2 aromatic rings. The molecule has 3 nitrogen and oxygen atoms in total. The van der Waals surface area contributed by atoms with Gasteiger partial charge in [-0.15, -0.1) is 0 Å². The van der Waals surface area contributed by atoms with Crippen molar-refractivity contribution >= 4 is 48.5 Å². The van der Waals surface area contributed by atoms with E-state index >= 15 is 0 Å². The lowest BCUT2D eigenvalue weighted by Gasteiger charge is -2.15. The summed E-state index contributed by atoms with van der Waals surface area (Å²) in [7, 11) is 0. The van der Waals surface area contributed by atoms with Crippen molar-refractivity contribution in [1.82, 2.24) is 4.98 Å². The minimum Gasteiger partial charge on any atom is -0.323 e. The normalized spacial score (nSPS) is 10.9. The van der Waals surface area contributed by atoms with Crippen molar-refractivity contribution in [2.75, 3.05) is 5.43 Å². The number of aryl methyl sites for hydroxylation is 1. The van der Waals surface area contributed by atoms with Crippen molar-refractivity contribution in [3.05, 3.63) is 32.3 Å². The summed E-state index contributed by atoms with van der Waals surface area (Å²) in [6.07, 6.45) is 0.896. The van der Waals surface area contributed by atoms with E-state index in [-0.39, 0.29) is 0 Å². The summed E-state index contributed by atoms with van der Waals surface area (Å²) in [5.41, 5.74) is 6.83. The van der Waals surface area contributed by atoms with Gasteiger partial charge in [-0.3, -0.25) is 10.8 Å². The highest BCUT2D eigenvalue weighted by Gasteiger charge is 2.14. The number of hydrazine groups is 1. The van der Waals surface area contributed by atoms with Gasteiger partial charge in [0.25, 0.3) is 0 Å². The van der Waals surface area contributed by atoms with E-state index < -0.39 is 0 Å². The van der Waals surface area contributed by atoms with Crippen molar-refractivity contribution in [2.24, 2.45) is 5.84 Å². The Hall–Kier alpha value is -0.650. The van der Waals surface area contributed by atoms with E-state index in [9.17, 15) is 0 Å². The number of rotatable bonds is 2. The highest BCUT2D eigenvalue weighted by molar-refractivity contribution is 9.11. The van der Waals surface area contributed by atoms with Gasteiger partial charge < -0.3 is 5.43 Å². The molecule has 0 radical (unpaired) electrons. The minimum absolute atomic E-state index is 0.896. The summed E-state index contributed by atoms with van der Waals surface area (Å²) in [6.45, 7) is 4.11. The molecule has 1 aromatic heterocycles. The summed E-state index contributed by atoms with van der Waals surface area (Å²) in [5, 5.41) is 1.02. The molecular formula is C12H13Br2N3. The number of nitrogens with one attached hydrogen (secondary N) is 1. The molecule has 0 amide bonds. The monoisotopic (exact) mass is 357 g/mol. The van der Waals surface area contributed by atoms with E-state index in [0.29, 0.717) is 0 Å². The van der Waals surface area contributed by atoms with Crippen LogP contribution >= 0.6 is 31.9 Å². The Morgan fingerprint density at radius 1 is 1.29 bits per heavy atom. The number of nitrogens with zero attached hydrogens (tertiary/aromatic N) is 1. The lowest BCUT2D eigenvalue weighted by molar-refractivity contribution is 1.06. The number of nitrogens with two attached hydrogens (primary N) is 1. The van der Waals surface area contributed by atoms with E-state index in [1.807, 2.05) is 19.1 Å². The molecule has 0 saturated heterocycles. The van der Waals surface area contributed by atoms with Gasteiger partial charge in [-0.2, -0.15) is 0 Å².